The molecule has 8 nitrogen and oxygen atoms in total. The van der Waals surface area contributed by atoms with Crippen molar-refractivity contribution >= 4 is 38.9 Å². The highest BCUT2D eigenvalue weighted by Crippen LogP contribution is 2.24. The van der Waals surface area contributed by atoms with Gasteiger partial charge in [-0.25, -0.2) is 14.0 Å². The molecule has 2 aromatic rings. The molecular formula is C14H16BrFN6O2. The van der Waals surface area contributed by atoms with Crippen LogP contribution < -0.4 is 11.1 Å². The van der Waals surface area contributed by atoms with Crippen molar-refractivity contribution in [3.05, 3.63) is 34.2 Å². The number of hydrogen-bond donors (Lipinski definition) is 3. The fraction of sp³-hybridized carbons (Fsp3) is 0.286. The second-order valence-electron chi connectivity index (χ2n) is 4.64. The van der Waals surface area contributed by atoms with E-state index in [4.69, 9.17) is 10.4 Å². The van der Waals surface area contributed by atoms with Crippen LogP contribution in [0.3, 0.4) is 0 Å². The topological polar surface area (TPSA) is 122 Å². The molecule has 4 N–H and O–H groups in total. The molecule has 0 bridgehead atoms. The summed E-state index contributed by atoms with van der Waals surface area (Å²) in [6.07, 6.45) is 0.390. The van der Waals surface area contributed by atoms with E-state index >= 15 is 0 Å². The summed E-state index contributed by atoms with van der Waals surface area (Å²) >= 11 is 3.11. The molecule has 2 rings (SSSR count). The van der Waals surface area contributed by atoms with Crippen LogP contribution in [0.15, 0.2) is 37.4 Å². The van der Waals surface area contributed by atoms with Crippen LogP contribution in [0.5, 0.6) is 0 Å². The van der Waals surface area contributed by atoms with Gasteiger partial charge in [0.15, 0.2) is 5.69 Å². The number of anilines is 1. The molecular weight excluding hydrogens is 383 g/mol. The number of aromatic nitrogens is 2. The average molecular weight is 399 g/mol. The van der Waals surface area contributed by atoms with Crippen LogP contribution in [-0.2, 0) is 0 Å². The van der Waals surface area contributed by atoms with Gasteiger partial charge in [-0.05, 0) is 50.9 Å². The summed E-state index contributed by atoms with van der Waals surface area (Å²) < 4.78 is 18.4. The number of benzene rings is 1. The number of hydrogen-bond acceptors (Lipinski definition) is 8. The third kappa shape index (κ3) is 4.15. The van der Waals surface area contributed by atoms with E-state index in [2.05, 4.69) is 41.7 Å². The Hall–Kier alpha value is -2.33. The molecule has 128 valence electrons. The van der Waals surface area contributed by atoms with Gasteiger partial charge >= 0.3 is 0 Å². The largest absolute Gasteiger partial charge is 0.411 e. The van der Waals surface area contributed by atoms with Crippen molar-refractivity contribution in [3.63, 3.8) is 0 Å². The minimum atomic E-state index is -0.407. The zero-order chi connectivity index (χ0) is 17.5. The Morgan fingerprint density at radius 3 is 2.88 bits per heavy atom. The fourth-order valence-corrected chi connectivity index (χ4v) is 2.24. The summed E-state index contributed by atoms with van der Waals surface area (Å²) in [5, 5.41) is 23.1. The lowest BCUT2D eigenvalue weighted by Crippen LogP contribution is -2.19. The van der Waals surface area contributed by atoms with Crippen LogP contribution in [0.4, 0.5) is 15.9 Å². The Labute approximate surface area is 145 Å². The maximum absolute atomic E-state index is 13.4. The standard InChI is InChI=1S/C14H16BrFN6O2/c1-2-11(20-23)12(13-14(18-6-5-17)22-24-21-13)19-8-3-4-10(16)9(15)7-8/h3-4,7,23H,2,5-6,17H2,1H3,(H,18,22). The molecule has 1 heterocycles. The Morgan fingerprint density at radius 1 is 1.46 bits per heavy atom. The number of oxime groups is 1. The normalized spacial score (nSPS) is 12.5. The first-order valence-electron chi connectivity index (χ1n) is 7.12. The number of nitrogens with two attached hydrogens (primary N) is 1. The van der Waals surface area contributed by atoms with Crippen molar-refractivity contribution in [2.24, 2.45) is 15.9 Å². The van der Waals surface area contributed by atoms with Crippen molar-refractivity contribution in [3.8, 4) is 0 Å². The molecule has 0 unspecified atom stereocenters. The Kier molecular flexibility index (Phi) is 6.38. The van der Waals surface area contributed by atoms with Gasteiger partial charge < -0.3 is 16.3 Å². The SMILES string of the molecule is CCC(=NO)C(=Nc1ccc(F)c(Br)c1)c1nonc1NCCN. The smallest absolute Gasteiger partial charge is 0.200 e. The number of nitrogens with zero attached hydrogens (tertiary/aromatic N) is 4. The Balaban J connectivity index is 2.51. The summed E-state index contributed by atoms with van der Waals surface area (Å²) in [6, 6.07) is 4.27. The monoisotopic (exact) mass is 398 g/mol. The van der Waals surface area contributed by atoms with E-state index in [1.165, 1.54) is 18.2 Å². The van der Waals surface area contributed by atoms with Crippen LogP contribution in [-0.4, -0.2) is 40.0 Å². The van der Waals surface area contributed by atoms with Crippen LogP contribution in [0.2, 0.25) is 0 Å². The molecule has 0 radical (unpaired) electrons. The van der Waals surface area contributed by atoms with E-state index in [9.17, 15) is 9.60 Å². The van der Waals surface area contributed by atoms with Crippen molar-refractivity contribution in [1.29, 1.82) is 0 Å². The van der Waals surface area contributed by atoms with E-state index in [1.807, 2.05) is 0 Å². The molecule has 0 spiro atoms. The third-order valence-electron chi connectivity index (χ3n) is 3.02. The lowest BCUT2D eigenvalue weighted by molar-refractivity contribution is 0.307. The number of halogens is 2. The first-order valence-corrected chi connectivity index (χ1v) is 7.91. The zero-order valence-electron chi connectivity index (χ0n) is 12.8. The molecule has 0 atom stereocenters. The van der Waals surface area contributed by atoms with E-state index in [0.29, 0.717) is 31.0 Å². The van der Waals surface area contributed by atoms with Gasteiger partial charge in [-0.2, -0.15) is 0 Å². The predicted octanol–water partition coefficient (Wildman–Crippen LogP) is 2.70. The third-order valence-corrected chi connectivity index (χ3v) is 3.63. The van der Waals surface area contributed by atoms with Crippen LogP contribution in [0, 0.1) is 5.82 Å². The van der Waals surface area contributed by atoms with Crippen molar-refractivity contribution in [2.75, 3.05) is 18.4 Å². The molecule has 0 saturated carbocycles. The molecule has 0 fully saturated rings. The molecule has 0 amide bonds. The van der Waals surface area contributed by atoms with Gasteiger partial charge in [0, 0.05) is 13.1 Å². The van der Waals surface area contributed by atoms with Gasteiger partial charge in [-0.3, -0.25) is 0 Å². The number of aliphatic imine (C=N–C) groups is 1. The lowest BCUT2D eigenvalue weighted by atomic mass is 10.1. The second kappa shape index (κ2) is 8.50. The molecule has 1 aromatic carbocycles. The van der Waals surface area contributed by atoms with Gasteiger partial charge in [0.2, 0.25) is 5.82 Å². The zero-order valence-corrected chi connectivity index (χ0v) is 14.4. The quantitative estimate of drug-likeness (QED) is 0.374. The van der Waals surface area contributed by atoms with Crippen molar-refractivity contribution in [2.45, 2.75) is 13.3 Å². The van der Waals surface area contributed by atoms with E-state index in [-0.39, 0.29) is 21.6 Å². The minimum absolute atomic E-state index is 0.263. The lowest BCUT2D eigenvalue weighted by Gasteiger charge is -2.07. The van der Waals surface area contributed by atoms with Crippen LogP contribution >= 0.6 is 15.9 Å². The summed E-state index contributed by atoms with van der Waals surface area (Å²) in [5.74, 6) is -0.0783. The van der Waals surface area contributed by atoms with Crippen molar-refractivity contribution < 1.29 is 14.2 Å². The highest BCUT2D eigenvalue weighted by atomic mass is 79.9. The first kappa shape index (κ1) is 18.0. The predicted molar refractivity (Wildman–Crippen MR) is 91.7 cm³/mol. The number of rotatable bonds is 7. The second-order valence-corrected chi connectivity index (χ2v) is 5.49. The van der Waals surface area contributed by atoms with Gasteiger partial charge in [0.1, 0.15) is 17.2 Å². The highest BCUT2D eigenvalue weighted by molar-refractivity contribution is 9.10. The number of nitrogens with one attached hydrogen (secondary N) is 1. The summed E-state index contributed by atoms with van der Waals surface area (Å²) in [6.45, 7) is 2.64. The van der Waals surface area contributed by atoms with Gasteiger partial charge in [-0.1, -0.05) is 12.1 Å². The fourth-order valence-electron chi connectivity index (χ4n) is 1.87. The average Bonchev–Trinajstić information content (AvgIpc) is 3.04. The van der Waals surface area contributed by atoms with Crippen LogP contribution in [0.25, 0.3) is 0 Å². The highest BCUT2D eigenvalue weighted by Gasteiger charge is 2.21. The molecule has 0 aliphatic rings. The molecule has 1 aromatic heterocycles. The Bertz CT molecular complexity index is 761. The van der Waals surface area contributed by atoms with E-state index in [1.54, 1.807) is 6.92 Å². The van der Waals surface area contributed by atoms with Gasteiger partial charge in [0.05, 0.1) is 10.2 Å². The van der Waals surface area contributed by atoms with E-state index < -0.39 is 5.82 Å². The first-order chi connectivity index (χ1) is 11.6. The molecule has 0 aliphatic heterocycles. The van der Waals surface area contributed by atoms with Gasteiger partial charge in [0.25, 0.3) is 0 Å². The maximum atomic E-state index is 13.4. The van der Waals surface area contributed by atoms with Gasteiger partial charge in [-0.15, -0.1) is 0 Å². The minimum Gasteiger partial charge on any atom is -0.411 e. The summed E-state index contributed by atoms with van der Waals surface area (Å²) in [5.41, 5.74) is 6.73. The van der Waals surface area contributed by atoms with Crippen LogP contribution in [0.1, 0.15) is 19.0 Å². The molecule has 24 heavy (non-hydrogen) atoms. The van der Waals surface area contributed by atoms with E-state index in [0.717, 1.165) is 0 Å². The molecule has 0 aliphatic carbocycles. The summed E-state index contributed by atoms with van der Waals surface area (Å²) in [4.78, 5) is 4.41. The maximum Gasteiger partial charge on any atom is 0.200 e. The molecule has 0 saturated heterocycles. The molecule has 10 heteroatoms. The Morgan fingerprint density at radius 2 is 2.25 bits per heavy atom. The van der Waals surface area contributed by atoms with Crippen molar-refractivity contribution in [1.82, 2.24) is 10.3 Å². The summed E-state index contributed by atoms with van der Waals surface area (Å²) in [7, 11) is 0.